The van der Waals surface area contributed by atoms with Crippen LogP contribution in [-0.2, 0) is 0 Å². The Hall–Kier alpha value is -2.02. The van der Waals surface area contributed by atoms with Gasteiger partial charge in [-0.3, -0.25) is 0 Å². The Morgan fingerprint density at radius 1 is 1.35 bits per heavy atom. The number of piperidine rings is 1. The summed E-state index contributed by atoms with van der Waals surface area (Å²) in [6.07, 6.45) is 3.85. The van der Waals surface area contributed by atoms with Gasteiger partial charge in [0, 0.05) is 24.9 Å². The molecule has 0 aromatic carbocycles. The fourth-order valence-corrected chi connectivity index (χ4v) is 3.78. The van der Waals surface area contributed by atoms with Crippen LogP contribution in [0.2, 0.25) is 0 Å². The van der Waals surface area contributed by atoms with Gasteiger partial charge in [0.1, 0.15) is 17.0 Å². The van der Waals surface area contributed by atoms with Gasteiger partial charge in [0.15, 0.2) is 5.82 Å². The highest BCUT2D eigenvalue weighted by Crippen LogP contribution is 2.32. The maximum absolute atomic E-state index is 5.37. The number of hydrogen-bond acceptors (Lipinski definition) is 7. The van der Waals surface area contributed by atoms with Crippen molar-refractivity contribution in [2.75, 3.05) is 18.0 Å². The maximum Gasteiger partial charge on any atom is 0.229 e. The molecule has 1 aliphatic rings. The van der Waals surface area contributed by atoms with E-state index in [4.69, 9.17) is 4.52 Å². The van der Waals surface area contributed by atoms with E-state index in [0.717, 1.165) is 53.7 Å². The van der Waals surface area contributed by atoms with E-state index in [1.807, 2.05) is 0 Å². The molecule has 0 N–H and O–H groups in total. The average molecular weight is 329 g/mol. The van der Waals surface area contributed by atoms with Gasteiger partial charge in [-0.2, -0.15) is 4.98 Å². The molecule has 4 rings (SSSR count). The first-order valence-electron chi connectivity index (χ1n) is 7.99. The summed E-state index contributed by atoms with van der Waals surface area (Å²) in [5.41, 5.74) is 0. The second kappa shape index (κ2) is 5.88. The van der Waals surface area contributed by atoms with Crippen molar-refractivity contribution < 1.29 is 4.52 Å². The monoisotopic (exact) mass is 329 g/mol. The van der Waals surface area contributed by atoms with Crippen LogP contribution >= 0.6 is 11.3 Å². The third kappa shape index (κ3) is 2.69. The number of thiophene rings is 1. The standard InChI is InChI=1S/C16H19N5OS/c1-10(2)15-19-13(20-22-15)11-4-3-6-21(8-11)14-12-5-7-23-16(12)18-9-17-14/h5,7,9-11H,3-4,6,8H2,1-2H3/t11-/m0/s1. The molecule has 120 valence electrons. The lowest BCUT2D eigenvalue weighted by atomic mass is 9.97. The topological polar surface area (TPSA) is 67.9 Å². The lowest BCUT2D eigenvalue weighted by Crippen LogP contribution is -2.35. The third-order valence-corrected chi connectivity index (χ3v) is 5.10. The summed E-state index contributed by atoms with van der Waals surface area (Å²) in [7, 11) is 0. The van der Waals surface area contributed by atoms with Crippen molar-refractivity contribution in [1.82, 2.24) is 20.1 Å². The molecule has 0 aliphatic carbocycles. The quantitative estimate of drug-likeness (QED) is 0.731. The molecule has 0 spiro atoms. The van der Waals surface area contributed by atoms with Gasteiger partial charge in [0.2, 0.25) is 5.89 Å². The predicted octanol–water partition coefficient (Wildman–Crippen LogP) is 3.58. The van der Waals surface area contributed by atoms with Crippen LogP contribution in [0.1, 0.15) is 50.2 Å². The molecule has 3 aromatic rings. The van der Waals surface area contributed by atoms with Crippen molar-refractivity contribution in [2.45, 2.75) is 38.5 Å². The maximum atomic E-state index is 5.37. The molecule has 23 heavy (non-hydrogen) atoms. The van der Waals surface area contributed by atoms with Crippen LogP contribution < -0.4 is 4.90 Å². The van der Waals surface area contributed by atoms with Gasteiger partial charge in [0.25, 0.3) is 0 Å². The average Bonchev–Trinajstić information content (AvgIpc) is 3.24. The number of nitrogens with zero attached hydrogens (tertiary/aromatic N) is 5. The molecule has 0 amide bonds. The molecule has 0 saturated carbocycles. The van der Waals surface area contributed by atoms with Gasteiger partial charge in [-0.1, -0.05) is 19.0 Å². The Bertz CT molecular complexity index is 812. The molecule has 6 nitrogen and oxygen atoms in total. The zero-order valence-corrected chi connectivity index (χ0v) is 14.1. The van der Waals surface area contributed by atoms with E-state index in [1.54, 1.807) is 17.7 Å². The van der Waals surface area contributed by atoms with Crippen LogP contribution in [0, 0.1) is 0 Å². The van der Waals surface area contributed by atoms with Crippen LogP contribution in [0.3, 0.4) is 0 Å². The fraction of sp³-hybridized carbons (Fsp3) is 0.500. The predicted molar refractivity (Wildman–Crippen MR) is 90.0 cm³/mol. The molecule has 3 aromatic heterocycles. The Kier molecular flexibility index (Phi) is 3.72. The molecule has 1 fully saturated rings. The highest BCUT2D eigenvalue weighted by molar-refractivity contribution is 7.16. The lowest BCUT2D eigenvalue weighted by Gasteiger charge is -2.32. The van der Waals surface area contributed by atoms with Crippen molar-refractivity contribution in [2.24, 2.45) is 0 Å². The van der Waals surface area contributed by atoms with E-state index in [0.29, 0.717) is 5.92 Å². The van der Waals surface area contributed by atoms with Crippen molar-refractivity contribution >= 4 is 27.4 Å². The first-order valence-corrected chi connectivity index (χ1v) is 8.87. The summed E-state index contributed by atoms with van der Waals surface area (Å²) in [6, 6.07) is 2.10. The Morgan fingerprint density at radius 3 is 3.09 bits per heavy atom. The Labute approximate surface area is 138 Å². The van der Waals surface area contributed by atoms with Crippen molar-refractivity contribution in [3.8, 4) is 0 Å². The van der Waals surface area contributed by atoms with Gasteiger partial charge in [-0.15, -0.1) is 11.3 Å². The number of aromatic nitrogens is 4. The number of anilines is 1. The summed E-state index contributed by atoms with van der Waals surface area (Å²) < 4.78 is 5.37. The largest absolute Gasteiger partial charge is 0.355 e. The minimum Gasteiger partial charge on any atom is -0.355 e. The highest BCUT2D eigenvalue weighted by atomic mass is 32.1. The van der Waals surface area contributed by atoms with Gasteiger partial charge in [-0.25, -0.2) is 9.97 Å². The molecule has 1 atom stereocenters. The highest BCUT2D eigenvalue weighted by Gasteiger charge is 2.27. The first-order chi connectivity index (χ1) is 11.2. The summed E-state index contributed by atoms with van der Waals surface area (Å²) in [6.45, 7) is 6.02. The normalized spacial score (nSPS) is 18.9. The summed E-state index contributed by atoms with van der Waals surface area (Å²) in [5.74, 6) is 3.13. The third-order valence-electron chi connectivity index (χ3n) is 4.28. The SMILES string of the molecule is CC(C)c1nc([C@H]2CCCN(c3ncnc4sccc34)C2)no1. The van der Waals surface area contributed by atoms with Gasteiger partial charge >= 0.3 is 0 Å². The molecule has 0 bridgehead atoms. The van der Waals surface area contributed by atoms with E-state index in [1.165, 1.54) is 0 Å². The van der Waals surface area contributed by atoms with E-state index in [2.05, 4.69) is 50.3 Å². The van der Waals surface area contributed by atoms with Gasteiger partial charge in [-0.05, 0) is 24.3 Å². The van der Waals surface area contributed by atoms with E-state index in [-0.39, 0.29) is 5.92 Å². The lowest BCUT2D eigenvalue weighted by molar-refractivity contribution is 0.354. The second-order valence-electron chi connectivity index (χ2n) is 6.27. The minimum atomic E-state index is 0.267. The van der Waals surface area contributed by atoms with Crippen LogP contribution in [0.15, 0.2) is 22.3 Å². The second-order valence-corrected chi connectivity index (χ2v) is 7.16. The van der Waals surface area contributed by atoms with Crippen LogP contribution in [0.4, 0.5) is 5.82 Å². The minimum absolute atomic E-state index is 0.267. The number of hydrogen-bond donors (Lipinski definition) is 0. The zero-order chi connectivity index (χ0) is 15.8. The van der Waals surface area contributed by atoms with Crippen LogP contribution in [-0.4, -0.2) is 33.2 Å². The summed E-state index contributed by atoms with van der Waals surface area (Å²) in [5, 5.41) is 7.40. The number of fused-ring (bicyclic) bond motifs is 1. The first kappa shape index (κ1) is 14.6. The molecule has 0 radical (unpaired) electrons. The molecular weight excluding hydrogens is 310 g/mol. The van der Waals surface area contributed by atoms with Crippen LogP contribution in [0.25, 0.3) is 10.2 Å². The van der Waals surface area contributed by atoms with Crippen molar-refractivity contribution in [3.63, 3.8) is 0 Å². The fourth-order valence-electron chi connectivity index (χ4n) is 3.06. The molecule has 1 aliphatic heterocycles. The smallest absolute Gasteiger partial charge is 0.229 e. The van der Waals surface area contributed by atoms with Crippen molar-refractivity contribution in [1.29, 1.82) is 0 Å². The molecule has 0 unspecified atom stereocenters. The van der Waals surface area contributed by atoms with Gasteiger partial charge in [0.05, 0.1) is 5.39 Å². The van der Waals surface area contributed by atoms with Gasteiger partial charge < -0.3 is 9.42 Å². The number of rotatable bonds is 3. The molecule has 4 heterocycles. The van der Waals surface area contributed by atoms with E-state index < -0.39 is 0 Å². The van der Waals surface area contributed by atoms with E-state index in [9.17, 15) is 0 Å². The van der Waals surface area contributed by atoms with E-state index >= 15 is 0 Å². The molecule has 1 saturated heterocycles. The Balaban J connectivity index is 1.60. The summed E-state index contributed by atoms with van der Waals surface area (Å²) >= 11 is 1.65. The molecule has 7 heteroatoms. The Morgan fingerprint density at radius 2 is 2.26 bits per heavy atom. The van der Waals surface area contributed by atoms with Crippen LogP contribution in [0.5, 0.6) is 0 Å². The van der Waals surface area contributed by atoms with Crippen molar-refractivity contribution in [3.05, 3.63) is 29.5 Å². The molecular formula is C16H19N5OS. The summed E-state index contributed by atoms with van der Waals surface area (Å²) in [4.78, 5) is 16.8. The zero-order valence-electron chi connectivity index (χ0n) is 13.3.